The fourth-order valence-electron chi connectivity index (χ4n) is 2.81. The third-order valence-electron chi connectivity index (χ3n) is 4.16. The third kappa shape index (κ3) is 5.22. The molecule has 1 rings (SSSR count). The second-order valence-corrected chi connectivity index (χ2v) is 5.89. The average molecular weight is 257 g/mol. The largest absolute Gasteiger partial charge is 0.395 e. The van der Waals surface area contributed by atoms with E-state index in [2.05, 4.69) is 29.0 Å². The molecule has 1 fully saturated rings. The van der Waals surface area contributed by atoms with Crippen LogP contribution in [-0.4, -0.2) is 74.4 Å². The maximum absolute atomic E-state index is 9.01. The number of rotatable bonds is 7. The zero-order chi connectivity index (χ0) is 13.4. The van der Waals surface area contributed by atoms with E-state index in [0.29, 0.717) is 5.41 Å². The predicted octanol–water partition coefficient (Wildman–Crippen LogP) is 0.622. The molecule has 0 aliphatic carbocycles. The molecule has 2 N–H and O–H groups in total. The van der Waals surface area contributed by atoms with Crippen molar-refractivity contribution >= 4 is 0 Å². The average Bonchev–Trinajstić information content (AvgIpc) is 2.56. The highest BCUT2D eigenvalue weighted by Crippen LogP contribution is 2.22. The summed E-state index contributed by atoms with van der Waals surface area (Å²) in [4.78, 5) is 4.97. The molecule has 0 spiro atoms. The van der Waals surface area contributed by atoms with Crippen LogP contribution in [0.15, 0.2) is 0 Å². The van der Waals surface area contributed by atoms with Gasteiger partial charge in [0.2, 0.25) is 0 Å². The molecule has 1 heterocycles. The monoisotopic (exact) mass is 257 g/mol. The summed E-state index contributed by atoms with van der Waals surface area (Å²) in [5.41, 5.74) is 0.376. The molecule has 1 aliphatic heterocycles. The maximum atomic E-state index is 9.01. The van der Waals surface area contributed by atoms with Crippen LogP contribution < -0.4 is 5.32 Å². The summed E-state index contributed by atoms with van der Waals surface area (Å²) in [5, 5.41) is 12.3. The summed E-state index contributed by atoms with van der Waals surface area (Å²) < 4.78 is 0. The van der Waals surface area contributed by atoms with Gasteiger partial charge in [0.05, 0.1) is 6.61 Å². The van der Waals surface area contributed by atoms with E-state index >= 15 is 0 Å². The SMILES string of the molecule is CCC(C)(CNC)CN1CCCN(CCO)CC1. The lowest BCUT2D eigenvalue weighted by atomic mass is 9.86. The van der Waals surface area contributed by atoms with Gasteiger partial charge >= 0.3 is 0 Å². The number of nitrogens with one attached hydrogen (secondary N) is 1. The van der Waals surface area contributed by atoms with Crippen molar-refractivity contribution < 1.29 is 5.11 Å². The molecule has 0 bridgehead atoms. The molecular weight excluding hydrogens is 226 g/mol. The highest BCUT2D eigenvalue weighted by molar-refractivity contribution is 4.81. The Morgan fingerprint density at radius 2 is 1.83 bits per heavy atom. The molecule has 1 aliphatic rings. The first-order valence-corrected chi connectivity index (χ1v) is 7.33. The van der Waals surface area contributed by atoms with E-state index in [1.54, 1.807) is 0 Å². The molecule has 0 aromatic heterocycles. The Balaban J connectivity index is 2.42. The Bertz CT molecular complexity index is 225. The molecule has 18 heavy (non-hydrogen) atoms. The fraction of sp³-hybridized carbons (Fsp3) is 1.00. The molecule has 0 aromatic carbocycles. The number of aliphatic hydroxyl groups excluding tert-OH is 1. The first-order valence-electron chi connectivity index (χ1n) is 7.33. The number of nitrogens with zero attached hydrogens (tertiary/aromatic N) is 2. The minimum Gasteiger partial charge on any atom is -0.395 e. The van der Waals surface area contributed by atoms with Gasteiger partial charge in [-0.1, -0.05) is 13.8 Å². The smallest absolute Gasteiger partial charge is 0.0558 e. The first-order chi connectivity index (χ1) is 8.63. The van der Waals surface area contributed by atoms with Crippen molar-refractivity contribution in [2.75, 3.05) is 59.5 Å². The van der Waals surface area contributed by atoms with Gasteiger partial charge in [-0.2, -0.15) is 0 Å². The Morgan fingerprint density at radius 1 is 1.17 bits per heavy atom. The molecular formula is C14H31N3O. The van der Waals surface area contributed by atoms with Crippen LogP contribution in [0.4, 0.5) is 0 Å². The maximum Gasteiger partial charge on any atom is 0.0558 e. The summed E-state index contributed by atoms with van der Waals surface area (Å²) in [6, 6.07) is 0. The quantitative estimate of drug-likeness (QED) is 0.701. The van der Waals surface area contributed by atoms with Crippen molar-refractivity contribution in [2.45, 2.75) is 26.7 Å². The summed E-state index contributed by atoms with van der Waals surface area (Å²) in [6.07, 6.45) is 2.43. The molecule has 4 heteroatoms. The number of aliphatic hydroxyl groups is 1. The second-order valence-electron chi connectivity index (χ2n) is 5.89. The van der Waals surface area contributed by atoms with E-state index in [-0.39, 0.29) is 6.61 Å². The van der Waals surface area contributed by atoms with Crippen molar-refractivity contribution in [3.63, 3.8) is 0 Å². The van der Waals surface area contributed by atoms with Crippen molar-refractivity contribution in [3.8, 4) is 0 Å². The van der Waals surface area contributed by atoms with Crippen LogP contribution in [0.2, 0.25) is 0 Å². The standard InChI is InChI=1S/C14H31N3O/c1-4-14(2,12-15-3)13-17-7-5-6-16(8-9-17)10-11-18/h15,18H,4-13H2,1-3H3. The zero-order valence-electron chi connectivity index (χ0n) is 12.4. The Hall–Kier alpha value is -0.160. The second kappa shape index (κ2) is 8.10. The summed E-state index contributed by atoms with van der Waals surface area (Å²) >= 11 is 0. The van der Waals surface area contributed by atoms with Gasteiger partial charge in [0.15, 0.2) is 0 Å². The van der Waals surface area contributed by atoms with Gasteiger partial charge in [0.25, 0.3) is 0 Å². The van der Waals surface area contributed by atoms with Gasteiger partial charge in [0, 0.05) is 32.7 Å². The van der Waals surface area contributed by atoms with E-state index in [0.717, 1.165) is 32.7 Å². The molecule has 108 valence electrons. The highest BCUT2D eigenvalue weighted by atomic mass is 16.3. The van der Waals surface area contributed by atoms with Gasteiger partial charge in [-0.15, -0.1) is 0 Å². The molecule has 0 amide bonds. The van der Waals surface area contributed by atoms with E-state index in [1.807, 2.05) is 7.05 Å². The van der Waals surface area contributed by atoms with Crippen LogP contribution in [0.25, 0.3) is 0 Å². The first kappa shape index (κ1) is 15.9. The molecule has 0 aromatic rings. The van der Waals surface area contributed by atoms with Crippen LogP contribution in [0.1, 0.15) is 26.7 Å². The lowest BCUT2D eigenvalue weighted by Gasteiger charge is -2.34. The summed E-state index contributed by atoms with van der Waals surface area (Å²) in [7, 11) is 2.04. The van der Waals surface area contributed by atoms with Crippen LogP contribution >= 0.6 is 0 Å². The Kier molecular flexibility index (Phi) is 7.15. The van der Waals surface area contributed by atoms with Crippen molar-refractivity contribution in [2.24, 2.45) is 5.41 Å². The van der Waals surface area contributed by atoms with Gasteiger partial charge < -0.3 is 15.3 Å². The van der Waals surface area contributed by atoms with Gasteiger partial charge in [-0.25, -0.2) is 0 Å². The molecule has 1 saturated heterocycles. The summed E-state index contributed by atoms with van der Waals surface area (Å²) in [6.45, 7) is 12.6. The van der Waals surface area contributed by atoms with Gasteiger partial charge in [-0.3, -0.25) is 4.90 Å². The minimum atomic E-state index is 0.284. The Morgan fingerprint density at radius 3 is 2.44 bits per heavy atom. The van der Waals surface area contributed by atoms with E-state index in [1.165, 1.54) is 25.9 Å². The number of hydrogen-bond acceptors (Lipinski definition) is 4. The molecule has 1 atom stereocenters. The van der Waals surface area contributed by atoms with Crippen molar-refractivity contribution in [1.29, 1.82) is 0 Å². The number of hydrogen-bond donors (Lipinski definition) is 2. The van der Waals surface area contributed by atoms with Crippen LogP contribution in [-0.2, 0) is 0 Å². The molecule has 4 nitrogen and oxygen atoms in total. The topological polar surface area (TPSA) is 38.7 Å². The number of β-amino-alcohol motifs (C(OH)–C–C–N with tert-alkyl or cyclic N) is 1. The molecule has 0 saturated carbocycles. The van der Waals surface area contributed by atoms with Gasteiger partial charge in [-0.05, 0) is 38.4 Å². The summed E-state index contributed by atoms with van der Waals surface area (Å²) in [5.74, 6) is 0. The van der Waals surface area contributed by atoms with Crippen LogP contribution in [0, 0.1) is 5.41 Å². The molecule has 0 radical (unpaired) electrons. The minimum absolute atomic E-state index is 0.284. The van der Waals surface area contributed by atoms with E-state index in [9.17, 15) is 0 Å². The van der Waals surface area contributed by atoms with E-state index < -0.39 is 0 Å². The lowest BCUT2D eigenvalue weighted by molar-refractivity contribution is 0.155. The fourth-order valence-corrected chi connectivity index (χ4v) is 2.81. The Labute approximate surface area is 112 Å². The molecule has 1 unspecified atom stereocenters. The van der Waals surface area contributed by atoms with Gasteiger partial charge in [0.1, 0.15) is 0 Å². The predicted molar refractivity (Wildman–Crippen MR) is 76.9 cm³/mol. The van der Waals surface area contributed by atoms with Crippen molar-refractivity contribution in [3.05, 3.63) is 0 Å². The van der Waals surface area contributed by atoms with E-state index in [4.69, 9.17) is 5.11 Å². The highest BCUT2D eigenvalue weighted by Gasteiger charge is 2.25. The van der Waals surface area contributed by atoms with Crippen LogP contribution in [0.3, 0.4) is 0 Å². The zero-order valence-corrected chi connectivity index (χ0v) is 12.4. The van der Waals surface area contributed by atoms with Crippen LogP contribution in [0.5, 0.6) is 0 Å². The van der Waals surface area contributed by atoms with Crippen molar-refractivity contribution in [1.82, 2.24) is 15.1 Å². The lowest BCUT2D eigenvalue weighted by Crippen LogP contribution is -2.42. The normalized spacial score (nSPS) is 22.7. The third-order valence-corrected chi connectivity index (χ3v) is 4.16.